The molecule has 3 nitrogen and oxygen atoms in total. The van der Waals surface area contributed by atoms with Gasteiger partial charge in [0.05, 0.1) is 17.1 Å². The molecular weight excluding hydrogens is 244 g/mol. The number of benzene rings is 1. The SMILES string of the molecule is Cn1c(CC(O)c2ccsc2)nc2ccccc21. The second-order valence-corrected chi connectivity index (χ2v) is 5.13. The summed E-state index contributed by atoms with van der Waals surface area (Å²) in [5.41, 5.74) is 3.05. The van der Waals surface area contributed by atoms with Gasteiger partial charge in [-0.3, -0.25) is 0 Å². The summed E-state index contributed by atoms with van der Waals surface area (Å²) < 4.78 is 2.05. The van der Waals surface area contributed by atoms with Crippen LogP contribution in [-0.2, 0) is 13.5 Å². The monoisotopic (exact) mass is 258 g/mol. The predicted octanol–water partition coefficient (Wildman–Crippen LogP) is 2.91. The van der Waals surface area contributed by atoms with Gasteiger partial charge in [-0.2, -0.15) is 11.3 Å². The molecule has 0 aliphatic carbocycles. The molecule has 18 heavy (non-hydrogen) atoms. The van der Waals surface area contributed by atoms with Crippen LogP contribution in [0.15, 0.2) is 41.1 Å². The van der Waals surface area contributed by atoms with Gasteiger partial charge >= 0.3 is 0 Å². The van der Waals surface area contributed by atoms with Gasteiger partial charge < -0.3 is 9.67 Å². The van der Waals surface area contributed by atoms with Gasteiger partial charge in [-0.25, -0.2) is 4.98 Å². The van der Waals surface area contributed by atoms with Crippen LogP contribution in [0.4, 0.5) is 0 Å². The molecule has 3 aromatic rings. The summed E-state index contributed by atoms with van der Waals surface area (Å²) in [6.45, 7) is 0. The van der Waals surface area contributed by atoms with Crippen LogP contribution < -0.4 is 0 Å². The van der Waals surface area contributed by atoms with Crippen LogP contribution >= 0.6 is 11.3 Å². The van der Waals surface area contributed by atoms with Crippen molar-refractivity contribution >= 4 is 22.4 Å². The Bertz CT molecular complexity index is 658. The number of thiophene rings is 1. The van der Waals surface area contributed by atoms with Crippen LogP contribution in [-0.4, -0.2) is 14.7 Å². The van der Waals surface area contributed by atoms with Crippen molar-refractivity contribution < 1.29 is 5.11 Å². The quantitative estimate of drug-likeness (QED) is 0.784. The third kappa shape index (κ3) is 1.94. The van der Waals surface area contributed by atoms with Gasteiger partial charge in [0.25, 0.3) is 0 Å². The number of para-hydroxylation sites is 2. The fourth-order valence-electron chi connectivity index (χ4n) is 2.13. The van der Waals surface area contributed by atoms with Gasteiger partial charge in [-0.05, 0) is 34.5 Å². The number of imidazole rings is 1. The van der Waals surface area contributed by atoms with Gasteiger partial charge in [0.1, 0.15) is 5.82 Å². The van der Waals surface area contributed by atoms with Crippen LogP contribution in [0.3, 0.4) is 0 Å². The molecule has 0 aliphatic heterocycles. The Morgan fingerprint density at radius 2 is 2.17 bits per heavy atom. The highest BCUT2D eigenvalue weighted by molar-refractivity contribution is 7.07. The number of aliphatic hydroxyl groups excluding tert-OH is 1. The topological polar surface area (TPSA) is 38.0 Å². The lowest BCUT2D eigenvalue weighted by Crippen LogP contribution is -2.06. The summed E-state index contributed by atoms with van der Waals surface area (Å²) in [6.07, 6.45) is 0.0637. The number of aromatic nitrogens is 2. The number of aliphatic hydroxyl groups is 1. The van der Waals surface area contributed by atoms with E-state index in [1.807, 2.05) is 52.7 Å². The first kappa shape index (κ1) is 11.4. The molecule has 0 saturated heterocycles. The number of aryl methyl sites for hydroxylation is 1. The van der Waals surface area contributed by atoms with Crippen molar-refractivity contribution in [3.05, 3.63) is 52.5 Å². The zero-order valence-electron chi connectivity index (χ0n) is 10.1. The molecule has 2 heterocycles. The fraction of sp³-hybridized carbons (Fsp3) is 0.214. The van der Waals surface area contributed by atoms with Gasteiger partial charge in [0, 0.05) is 13.5 Å². The lowest BCUT2D eigenvalue weighted by atomic mass is 10.1. The molecule has 1 unspecified atom stereocenters. The maximum absolute atomic E-state index is 10.2. The van der Waals surface area contributed by atoms with Crippen LogP contribution in [0.1, 0.15) is 17.5 Å². The smallest absolute Gasteiger partial charge is 0.112 e. The zero-order valence-corrected chi connectivity index (χ0v) is 10.9. The second-order valence-electron chi connectivity index (χ2n) is 4.35. The average molecular weight is 258 g/mol. The molecule has 3 rings (SSSR count). The summed E-state index contributed by atoms with van der Waals surface area (Å²) in [5, 5.41) is 14.1. The molecule has 1 aromatic carbocycles. The standard InChI is InChI=1S/C14H14N2OS/c1-16-12-5-3-2-4-11(12)15-14(16)8-13(17)10-6-7-18-9-10/h2-7,9,13,17H,8H2,1H3. The van der Waals surface area contributed by atoms with Crippen molar-refractivity contribution in [3.63, 3.8) is 0 Å². The van der Waals surface area contributed by atoms with Crippen molar-refractivity contribution in [2.75, 3.05) is 0 Å². The maximum Gasteiger partial charge on any atom is 0.112 e. The third-order valence-electron chi connectivity index (χ3n) is 3.18. The van der Waals surface area contributed by atoms with Crippen LogP contribution in [0.2, 0.25) is 0 Å². The van der Waals surface area contributed by atoms with Crippen LogP contribution in [0.25, 0.3) is 11.0 Å². The number of hydrogen-bond donors (Lipinski definition) is 1. The Labute approximate surface area is 109 Å². The van der Waals surface area contributed by atoms with Crippen LogP contribution in [0.5, 0.6) is 0 Å². The van der Waals surface area contributed by atoms with E-state index in [-0.39, 0.29) is 0 Å². The van der Waals surface area contributed by atoms with Gasteiger partial charge in [0.15, 0.2) is 0 Å². The molecule has 0 fully saturated rings. The molecule has 4 heteroatoms. The Hall–Kier alpha value is -1.65. The molecular formula is C14H14N2OS. The highest BCUT2D eigenvalue weighted by Crippen LogP contribution is 2.22. The lowest BCUT2D eigenvalue weighted by molar-refractivity contribution is 0.175. The third-order valence-corrected chi connectivity index (χ3v) is 3.89. The van der Waals surface area contributed by atoms with Crippen molar-refractivity contribution in [2.45, 2.75) is 12.5 Å². The van der Waals surface area contributed by atoms with Crippen molar-refractivity contribution in [2.24, 2.45) is 7.05 Å². The Balaban J connectivity index is 1.93. The summed E-state index contributed by atoms with van der Waals surface area (Å²) in [4.78, 5) is 4.57. The van der Waals surface area contributed by atoms with Gasteiger partial charge in [0.2, 0.25) is 0 Å². The summed E-state index contributed by atoms with van der Waals surface area (Å²) in [6, 6.07) is 9.98. The molecule has 0 radical (unpaired) electrons. The first-order valence-electron chi connectivity index (χ1n) is 5.86. The minimum atomic E-state index is -0.480. The highest BCUT2D eigenvalue weighted by Gasteiger charge is 2.14. The normalized spacial score (nSPS) is 13.0. The Kier molecular flexibility index (Phi) is 2.89. The minimum absolute atomic E-state index is 0.480. The van der Waals surface area contributed by atoms with Crippen molar-refractivity contribution in [1.29, 1.82) is 0 Å². The van der Waals surface area contributed by atoms with E-state index in [1.165, 1.54) is 0 Å². The van der Waals surface area contributed by atoms with E-state index >= 15 is 0 Å². The zero-order chi connectivity index (χ0) is 12.5. The van der Waals surface area contributed by atoms with Crippen molar-refractivity contribution in [3.8, 4) is 0 Å². The minimum Gasteiger partial charge on any atom is -0.388 e. The van der Waals surface area contributed by atoms with E-state index in [2.05, 4.69) is 4.98 Å². The van der Waals surface area contributed by atoms with Gasteiger partial charge in [-0.1, -0.05) is 12.1 Å². The molecule has 1 atom stereocenters. The molecule has 92 valence electrons. The van der Waals surface area contributed by atoms with E-state index in [4.69, 9.17) is 0 Å². The predicted molar refractivity (Wildman–Crippen MR) is 73.7 cm³/mol. The number of rotatable bonds is 3. The van der Waals surface area contributed by atoms with E-state index < -0.39 is 6.10 Å². The number of fused-ring (bicyclic) bond motifs is 1. The average Bonchev–Trinajstić information content (AvgIpc) is 3.00. The number of hydrogen-bond acceptors (Lipinski definition) is 3. The Morgan fingerprint density at radius 1 is 1.33 bits per heavy atom. The summed E-state index contributed by atoms with van der Waals surface area (Å²) in [5.74, 6) is 0.912. The summed E-state index contributed by atoms with van der Waals surface area (Å²) in [7, 11) is 1.99. The first-order valence-corrected chi connectivity index (χ1v) is 6.80. The van der Waals surface area contributed by atoms with E-state index in [0.717, 1.165) is 22.4 Å². The summed E-state index contributed by atoms with van der Waals surface area (Å²) >= 11 is 1.60. The lowest BCUT2D eigenvalue weighted by Gasteiger charge is -2.08. The largest absolute Gasteiger partial charge is 0.388 e. The van der Waals surface area contributed by atoms with E-state index in [1.54, 1.807) is 11.3 Å². The second kappa shape index (κ2) is 4.55. The first-order chi connectivity index (χ1) is 8.75. The van der Waals surface area contributed by atoms with E-state index in [0.29, 0.717) is 6.42 Å². The fourth-order valence-corrected chi connectivity index (χ4v) is 2.84. The van der Waals surface area contributed by atoms with Crippen molar-refractivity contribution in [1.82, 2.24) is 9.55 Å². The highest BCUT2D eigenvalue weighted by atomic mass is 32.1. The maximum atomic E-state index is 10.2. The Morgan fingerprint density at radius 3 is 2.89 bits per heavy atom. The molecule has 0 bridgehead atoms. The molecule has 0 amide bonds. The van der Waals surface area contributed by atoms with Crippen LogP contribution in [0, 0.1) is 0 Å². The molecule has 0 spiro atoms. The van der Waals surface area contributed by atoms with Gasteiger partial charge in [-0.15, -0.1) is 0 Å². The molecule has 0 aliphatic rings. The number of nitrogens with zero attached hydrogens (tertiary/aromatic N) is 2. The molecule has 2 aromatic heterocycles. The molecule has 1 N–H and O–H groups in total. The van der Waals surface area contributed by atoms with E-state index in [9.17, 15) is 5.11 Å². The molecule has 0 saturated carbocycles.